The third-order valence-electron chi connectivity index (χ3n) is 5.56. The predicted molar refractivity (Wildman–Crippen MR) is 137 cm³/mol. The highest BCUT2D eigenvalue weighted by Crippen LogP contribution is 2.30. The smallest absolute Gasteiger partial charge is 0.410 e. The molecule has 0 fully saturated rings. The molecular weight excluding hydrogens is 465 g/mol. The van der Waals surface area contributed by atoms with E-state index in [0.29, 0.717) is 33.3 Å². The van der Waals surface area contributed by atoms with E-state index >= 15 is 0 Å². The average molecular weight is 490 g/mol. The summed E-state index contributed by atoms with van der Waals surface area (Å²) in [5.41, 5.74) is 1.85. The molecule has 2 aromatic heterocycles. The number of fused-ring (bicyclic) bond motifs is 1. The van der Waals surface area contributed by atoms with Crippen LogP contribution in [0.1, 0.15) is 25.5 Å². The number of hydrogen-bond donors (Lipinski definition) is 4. The maximum Gasteiger partial charge on any atom is 0.410 e. The SMILES string of the molecule is Cc1cc(F)c(NC(=O)Nc2ccccc2)cc1-c1cc2cnc(NC(=O)O)cc2n(C(C)C)c1=O. The fourth-order valence-corrected chi connectivity index (χ4v) is 3.98. The number of carbonyl (C=O) groups excluding carboxylic acids is 1. The van der Waals surface area contributed by atoms with Gasteiger partial charge in [-0.05, 0) is 62.2 Å². The Labute approximate surface area is 205 Å². The molecule has 0 spiro atoms. The molecule has 0 aliphatic rings. The van der Waals surface area contributed by atoms with Crippen molar-refractivity contribution < 1.29 is 19.1 Å². The van der Waals surface area contributed by atoms with Crippen molar-refractivity contribution in [1.82, 2.24) is 9.55 Å². The molecule has 10 heteroatoms. The first-order chi connectivity index (χ1) is 17.1. The van der Waals surface area contributed by atoms with E-state index in [2.05, 4.69) is 20.9 Å². The van der Waals surface area contributed by atoms with E-state index in [-0.39, 0.29) is 23.1 Å². The van der Waals surface area contributed by atoms with Gasteiger partial charge in [-0.3, -0.25) is 10.1 Å². The lowest BCUT2D eigenvalue weighted by molar-refractivity contribution is 0.209. The Bertz CT molecular complexity index is 1530. The number of halogens is 1. The molecule has 0 atom stereocenters. The first kappa shape index (κ1) is 24.4. The van der Waals surface area contributed by atoms with Crippen molar-refractivity contribution in [3.8, 4) is 11.1 Å². The molecule has 0 unspecified atom stereocenters. The molecule has 0 aliphatic heterocycles. The Morgan fingerprint density at radius 2 is 1.72 bits per heavy atom. The van der Waals surface area contributed by atoms with Gasteiger partial charge < -0.3 is 20.3 Å². The molecule has 2 aromatic carbocycles. The molecule has 0 aliphatic carbocycles. The van der Waals surface area contributed by atoms with E-state index in [9.17, 15) is 18.8 Å². The van der Waals surface area contributed by atoms with Crippen molar-refractivity contribution in [2.75, 3.05) is 16.0 Å². The third-order valence-corrected chi connectivity index (χ3v) is 5.56. The number of nitrogens with zero attached hydrogens (tertiary/aromatic N) is 2. The number of hydrogen-bond acceptors (Lipinski definition) is 4. The molecule has 0 bridgehead atoms. The molecule has 0 saturated heterocycles. The second kappa shape index (κ2) is 9.87. The van der Waals surface area contributed by atoms with Crippen LogP contribution in [-0.2, 0) is 0 Å². The number of aryl methyl sites for hydroxylation is 1. The highest BCUT2D eigenvalue weighted by molar-refractivity contribution is 6.00. The number of carboxylic acid groups (broad SMARTS) is 1. The van der Waals surface area contributed by atoms with Crippen LogP contribution in [0, 0.1) is 12.7 Å². The average Bonchev–Trinajstić information content (AvgIpc) is 2.80. The lowest BCUT2D eigenvalue weighted by Crippen LogP contribution is -2.24. The Morgan fingerprint density at radius 3 is 2.39 bits per heavy atom. The summed E-state index contributed by atoms with van der Waals surface area (Å²) < 4.78 is 16.3. The maximum absolute atomic E-state index is 14.8. The zero-order valence-electron chi connectivity index (χ0n) is 19.8. The van der Waals surface area contributed by atoms with Gasteiger partial charge in [-0.15, -0.1) is 0 Å². The van der Waals surface area contributed by atoms with E-state index in [1.54, 1.807) is 37.3 Å². The van der Waals surface area contributed by atoms with Gasteiger partial charge in [-0.1, -0.05) is 18.2 Å². The number of pyridine rings is 2. The molecule has 4 aromatic rings. The Hall–Kier alpha value is -4.73. The van der Waals surface area contributed by atoms with Gasteiger partial charge in [-0.25, -0.2) is 19.0 Å². The first-order valence-corrected chi connectivity index (χ1v) is 11.1. The summed E-state index contributed by atoms with van der Waals surface area (Å²) in [4.78, 5) is 41.2. The van der Waals surface area contributed by atoms with Crippen LogP contribution in [0.2, 0.25) is 0 Å². The molecule has 4 N–H and O–H groups in total. The van der Waals surface area contributed by atoms with Crippen molar-refractivity contribution in [3.63, 3.8) is 0 Å². The molecule has 36 heavy (non-hydrogen) atoms. The van der Waals surface area contributed by atoms with Crippen LogP contribution >= 0.6 is 0 Å². The normalized spacial score (nSPS) is 10.9. The number of anilines is 3. The second-order valence-corrected chi connectivity index (χ2v) is 8.48. The first-order valence-electron chi connectivity index (χ1n) is 11.1. The van der Waals surface area contributed by atoms with E-state index in [4.69, 9.17) is 5.11 Å². The molecule has 9 nitrogen and oxygen atoms in total. The molecule has 0 saturated carbocycles. The maximum atomic E-state index is 14.8. The summed E-state index contributed by atoms with van der Waals surface area (Å²) in [5, 5.41) is 16.9. The minimum Gasteiger partial charge on any atom is -0.465 e. The number of aromatic nitrogens is 2. The van der Waals surface area contributed by atoms with Gasteiger partial charge in [0.25, 0.3) is 5.56 Å². The summed E-state index contributed by atoms with van der Waals surface area (Å²) in [6.07, 6.45) is 0.198. The molecule has 4 rings (SSSR count). The monoisotopic (exact) mass is 489 g/mol. The van der Waals surface area contributed by atoms with Crippen molar-refractivity contribution in [1.29, 1.82) is 0 Å². The van der Waals surface area contributed by atoms with Gasteiger partial charge in [0.15, 0.2) is 0 Å². The third kappa shape index (κ3) is 5.02. The van der Waals surface area contributed by atoms with E-state index in [1.807, 2.05) is 19.9 Å². The number of urea groups is 1. The zero-order valence-corrected chi connectivity index (χ0v) is 19.8. The van der Waals surface area contributed by atoms with Crippen LogP contribution in [0.5, 0.6) is 0 Å². The summed E-state index contributed by atoms with van der Waals surface area (Å²) in [6, 6.07) is 13.6. The number of amides is 3. The van der Waals surface area contributed by atoms with Gasteiger partial charge in [0.1, 0.15) is 11.6 Å². The van der Waals surface area contributed by atoms with Crippen LogP contribution < -0.4 is 21.5 Å². The van der Waals surface area contributed by atoms with Crippen LogP contribution in [0.3, 0.4) is 0 Å². The molecule has 0 radical (unpaired) electrons. The fourth-order valence-electron chi connectivity index (χ4n) is 3.98. The molecule has 184 valence electrons. The minimum atomic E-state index is -1.27. The Balaban J connectivity index is 1.79. The summed E-state index contributed by atoms with van der Waals surface area (Å²) in [7, 11) is 0. The van der Waals surface area contributed by atoms with Crippen molar-refractivity contribution in [2.45, 2.75) is 26.8 Å². The summed E-state index contributed by atoms with van der Waals surface area (Å²) >= 11 is 0. The van der Waals surface area contributed by atoms with Crippen LogP contribution in [0.15, 0.2) is 65.6 Å². The highest BCUT2D eigenvalue weighted by atomic mass is 19.1. The summed E-state index contributed by atoms with van der Waals surface area (Å²) in [6.45, 7) is 5.33. The number of benzene rings is 2. The highest BCUT2D eigenvalue weighted by Gasteiger charge is 2.18. The zero-order chi connectivity index (χ0) is 26.0. The standard InChI is InChI=1S/C26H24FN5O4/c1-14(2)32-22-12-23(31-26(35)36)28-13-16(22)10-19(24(32)33)18-11-21(20(27)9-15(18)3)30-25(34)29-17-7-5-4-6-8-17/h4-14H,1-3H3,(H,28,31)(H,35,36)(H2,29,30,34). The number of carbonyl (C=O) groups is 2. The van der Waals surface area contributed by atoms with Gasteiger partial charge in [0, 0.05) is 34.9 Å². The van der Waals surface area contributed by atoms with Crippen LogP contribution in [0.4, 0.5) is 31.2 Å². The number of rotatable bonds is 5. The van der Waals surface area contributed by atoms with Gasteiger partial charge in [0.05, 0.1) is 11.2 Å². The van der Waals surface area contributed by atoms with Gasteiger partial charge in [0.2, 0.25) is 0 Å². The predicted octanol–water partition coefficient (Wildman–Crippen LogP) is 5.83. The Morgan fingerprint density at radius 1 is 1.00 bits per heavy atom. The lowest BCUT2D eigenvalue weighted by atomic mass is 9.99. The second-order valence-electron chi connectivity index (χ2n) is 8.48. The van der Waals surface area contributed by atoms with Crippen molar-refractivity contribution in [3.05, 3.63) is 82.5 Å². The van der Waals surface area contributed by atoms with Gasteiger partial charge >= 0.3 is 12.1 Å². The summed E-state index contributed by atoms with van der Waals surface area (Å²) in [5.74, 6) is -0.555. The van der Waals surface area contributed by atoms with E-state index in [0.717, 1.165) is 0 Å². The van der Waals surface area contributed by atoms with E-state index in [1.165, 1.54) is 29.0 Å². The number of nitrogens with one attached hydrogen (secondary N) is 3. The van der Waals surface area contributed by atoms with Crippen LogP contribution in [0.25, 0.3) is 22.0 Å². The topological polar surface area (TPSA) is 125 Å². The van der Waals surface area contributed by atoms with Crippen LogP contribution in [-0.4, -0.2) is 26.8 Å². The Kier molecular flexibility index (Phi) is 6.69. The molecule has 3 amide bonds. The van der Waals surface area contributed by atoms with E-state index < -0.39 is 17.9 Å². The molecule has 2 heterocycles. The van der Waals surface area contributed by atoms with Gasteiger partial charge in [-0.2, -0.15) is 0 Å². The minimum absolute atomic E-state index is 0.0845. The quantitative estimate of drug-likeness (QED) is 0.281. The number of para-hydroxylation sites is 1. The lowest BCUT2D eigenvalue weighted by Gasteiger charge is -2.18. The van der Waals surface area contributed by atoms with Crippen molar-refractivity contribution >= 4 is 40.2 Å². The van der Waals surface area contributed by atoms with Crippen molar-refractivity contribution in [2.24, 2.45) is 0 Å². The molecular formula is C26H24FN5O4. The fraction of sp³-hybridized carbons (Fsp3) is 0.154. The largest absolute Gasteiger partial charge is 0.465 e.